The Hall–Kier alpha value is -4.67. The fourth-order valence-electron chi connectivity index (χ4n) is 4.02. The van der Waals surface area contributed by atoms with E-state index < -0.39 is 0 Å². The van der Waals surface area contributed by atoms with Crippen molar-refractivity contribution in [3.63, 3.8) is 0 Å². The Labute approximate surface area is 193 Å². The molecule has 0 aliphatic rings. The van der Waals surface area contributed by atoms with Crippen LogP contribution in [0, 0.1) is 6.92 Å². The molecule has 0 saturated heterocycles. The van der Waals surface area contributed by atoms with Crippen molar-refractivity contribution in [3.05, 3.63) is 88.8 Å². The van der Waals surface area contributed by atoms with Crippen LogP contribution in [0.15, 0.2) is 60.6 Å². The van der Waals surface area contributed by atoms with Gasteiger partial charge in [-0.05, 0) is 25.0 Å². The van der Waals surface area contributed by atoms with Crippen LogP contribution in [0.1, 0.15) is 33.9 Å². The number of H-pyrrole nitrogens is 3. The first kappa shape index (κ1) is 21.2. The molecule has 5 heterocycles. The van der Waals surface area contributed by atoms with E-state index in [1.165, 1.54) is 10.9 Å². The van der Waals surface area contributed by atoms with Gasteiger partial charge in [0.2, 0.25) is 5.91 Å². The number of aromatic nitrogens is 9. The van der Waals surface area contributed by atoms with Gasteiger partial charge >= 0.3 is 0 Å². The zero-order valence-corrected chi connectivity index (χ0v) is 18.3. The van der Waals surface area contributed by atoms with E-state index in [9.17, 15) is 9.59 Å². The van der Waals surface area contributed by atoms with Crippen molar-refractivity contribution in [2.45, 2.75) is 26.2 Å². The number of hydrogen-bond donors (Lipinski definition) is 3. The summed E-state index contributed by atoms with van der Waals surface area (Å²) in [7, 11) is 0. The standard InChI is InChI=1S/C23H21N9O2/c1-14-15(3-4-19(33)32-10-9-24-13-32)20(22-27-5-2-6-28-22)17(30-14)11-18-21(26-8-7-25-18)16-12-29-31-23(16)34/h2,5-10,12-13,30H,3-4,11H2,1H3,(H2,29,31,34). The first-order valence-corrected chi connectivity index (χ1v) is 10.7. The van der Waals surface area contributed by atoms with Crippen molar-refractivity contribution in [1.29, 1.82) is 0 Å². The highest BCUT2D eigenvalue weighted by Gasteiger charge is 2.22. The van der Waals surface area contributed by atoms with Crippen LogP contribution in [0.5, 0.6) is 0 Å². The summed E-state index contributed by atoms with van der Waals surface area (Å²) >= 11 is 0. The Balaban J connectivity index is 1.54. The molecule has 0 unspecified atom stereocenters. The highest BCUT2D eigenvalue weighted by Crippen LogP contribution is 2.31. The van der Waals surface area contributed by atoms with Crippen LogP contribution in [0.4, 0.5) is 0 Å². The van der Waals surface area contributed by atoms with Crippen molar-refractivity contribution in [1.82, 2.24) is 44.7 Å². The van der Waals surface area contributed by atoms with Gasteiger partial charge in [0.25, 0.3) is 5.56 Å². The summed E-state index contributed by atoms with van der Waals surface area (Å²) in [6, 6.07) is 1.75. The maximum absolute atomic E-state index is 12.6. The van der Waals surface area contributed by atoms with Gasteiger partial charge in [0.05, 0.1) is 17.0 Å². The molecular formula is C23H21N9O2. The number of nitrogens with zero attached hydrogens (tertiary/aromatic N) is 6. The second-order valence-electron chi connectivity index (χ2n) is 7.70. The van der Waals surface area contributed by atoms with Crippen LogP contribution in [-0.2, 0) is 12.8 Å². The predicted octanol–water partition coefficient (Wildman–Crippen LogP) is 2.31. The van der Waals surface area contributed by atoms with Gasteiger partial charge in [0.1, 0.15) is 6.33 Å². The molecule has 5 rings (SSSR count). The molecule has 0 bridgehead atoms. The largest absolute Gasteiger partial charge is 0.361 e. The second-order valence-corrected chi connectivity index (χ2v) is 7.70. The third-order valence-corrected chi connectivity index (χ3v) is 5.59. The summed E-state index contributed by atoms with van der Waals surface area (Å²) in [5.74, 6) is 0.499. The number of carbonyl (C=O) groups is 1. The minimum atomic E-state index is -0.269. The van der Waals surface area contributed by atoms with Crippen molar-refractivity contribution in [2.75, 3.05) is 0 Å². The van der Waals surface area contributed by atoms with E-state index in [0.717, 1.165) is 22.5 Å². The van der Waals surface area contributed by atoms with Gasteiger partial charge in [-0.3, -0.25) is 29.2 Å². The molecule has 5 aromatic rings. The van der Waals surface area contributed by atoms with Crippen LogP contribution in [0.25, 0.3) is 22.6 Å². The third-order valence-electron chi connectivity index (χ3n) is 5.59. The summed E-state index contributed by atoms with van der Waals surface area (Å²) in [5, 5.41) is 5.24. The molecule has 0 atom stereocenters. The molecule has 11 nitrogen and oxygen atoms in total. The van der Waals surface area contributed by atoms with Gasteiger partial charge in [0.15, 0.2) is 5.82 Å². The van der Waals surface area contributed by atoms with Crippen LogP contribution < -0.4 is 5.56 Å². The summed E-state index contributed by atoms with van der Waals surface area (Å²) in [5.41, 5.74) is 4.81. The van der Waals surface area contributed by atoms with E-state index >= 15 is 0 Å². The highest BCUT2D eigenvalue weighted by molar-refractivity contribution is 5.79. The number of aromatic amines is 3. The predicted molar refractivity (Wildman–Crippen MR) is 123 cm³/mol. The molecule has 0 fully saturated rings. The SMILES string of the molecule is Cc1[nH]c(Cc2nccnc2-c2c[nH][nH]c2=O)c(-c2ncccn2)c1CCC(=O)n1ccnc1. The number of hydrogen-bond acceptors (Lipinski definition) is 7. The van der Waals surface area contributed by atoms with E-state index in [1.54, 1.807) is 49.4 Å². The zero-order valence-electron chi connectivity index (χ0n) is 18.3. The fraction of sp³-hybridized carbons (Fsp3) is 0.174. The van der Waals surface area contributed by atoms with E-state index in [2.05, 4.69) is 40.1 Å². The maximum Gasteiger partial charge on any atom is 0.273 e. The number of carbonyl (C=O) groups excluding carboxylic acids is 1. The minimum Gasteiger partial charge on any atom is -0.361 e. The Kier molecular flexibility index (Phi) is 5.65. The maximum atomic E-state index is 12.6. The Morgan fingerprint density at radius 2 is 1.88 bits per heavy atom. The highest BCUT2D eigenvalue weighted by atomic mass is 16.2. The van der Waals surface area contributed by atoms with Crippen LogP contribution >= 0.6 is 0 Å². The van der Waals surface area contributed by atoms with Crippen molar-refractivity contribution in [2.24, 2.45) is 0 Å². The average Bonchev–Trinajstić information content (AvgIpc) is 3.60. The van der Waals surface area contributed by atoms with Gasteiger partial charge < -0.3 is 10.1 Å². The normalized spacial score (nSPS) is 11.1. The molecule has 0 amide bonds. The number of aryl methyl sites for hydroxylation is 1. The molecule has 11 heteroatoms. The summed E-state index contributed by atoms with van der Waals surface area (Å²) in [6.07, 6.45) is 14.0. The molecule has 5 aromatic heterocycles. The summed E-state index contributed by atoms with van der Waals surface area (Å²) < 4.78 is 1.47. The van der Waals surface area contributed by atoms with Crippen molar-refractivity contribution >= 4 is 5.91 Å². The van der Waals surface area contributed by atoms with E-state index in [1.807, 2.05) is 6.92 Å². The summed E-state index contributed by atoms with van der Waals surface area (Å²) in [4.78, 5) is 50.0. The first-order valence-electron chi connectivity index (χ1n) is 10.7. The second kappa shape index (κ2) is 9.06. The van der Waals surface area contributed by atoms with Crippen molar-refractivity contribution in [3.8, 4) is 22.6 Å². The lowest BCUT2D eigenvalue weighted by Crippen LogP contribution is -2.10. The lowest BCUT2D eigenvalue weighted by molar-refractivity contribution is 0.0903. The molecule has 0 aliphatic carbocycles. The number of imidazole rings is 1. The molecule has 34 heavy (non-hydrogen) atoms. The Morgan fingerprint density at radius 3 is 2.62 bits per heavy atom. The molecule has 0 aliphatic heterocycles. The van der Waals surface area contributed by atoms with E-state index in [4.69, 9.17) is 0 Å². The minimum absolute atomic E-state index is 0.0533. The van der Waals surface area contributed by atoms with Crippen LogP contribution in [-0.4, -0.2) is 50.6 Å². The average molecular weight is 455 g/mol. The lowest BCUT2D eigenvalue weighted by Gasteiger charge is -2.09. The quantitative estimate of drug-likeness (QED) is 0.341. The van der Waals surface area contributed by atoms with Crippen LogP contribution in [0.3, 0.4) is 0 Å². The van der Waals surface area contributed by atoms with E-state index in [-0.39, 0.29) is 11.5 Å². The zero-order chi connectivity index (χ0) is 23.5. The number of nitrogens with one attached hydrogen (secondary N) is 3. The molecule has 3 N–H and O–H groups in total. The van der Waals surface area contributed by atoms with Gasteiger partial charge in [-0.25, -0.2) is 15.0 Å². The molecule has 0 radical (unpaired) electrons. The van der Waals surface area contributed by atoms with Gasteiger partial charge in [-0.15, -0.1) is 0 Å². The van der Waals surface area contributed by atoms with Crippen LogP contribution in [0.2, 0.25) is 0 Å². The molecule has 170 valence electrons. The Morgan fingerprint density at radius 1 is 1.06 bits per heavy atom. The fourth-order valence-corrected chi connectivity index (χ4v) is 4.02. The molecule has 0 saturated carbocycles. The van der Waals surface area contributed by atoms with Gasteiger partial charge in [-0.2, -0.15) is 0 Å². The third kappa shape index (κ3) is 4.06. The van der Waals surface area contributed by atoms with Gasteiger partial charge in [-0.1, -0.05) is 0 Å². The molecular weight excluding hydrogens is 434 g/mol. The van der Waals surface area contributed by atoms with Gasteiger partial charge in [0, 0.05) is 73.2 Å². The Bertz CT molecular complexity index is 1480. The lowest BCUT2D eigenvalue weighted by atomic mass is 10.00. The smallest absolute Gasteiger partial charge is 0.273 e. The topological polar surface area (TPSA) is 151 Å². The van der Waals surface area contributed by atoms with E-state index in [0.29, 0.717) is 42.0 Å². The summed E-state index contributed by atoms with van der Waals surface area (Å²) in [6.45, 7) is 1.96. The molecule has 0 spiro atoms. The monoisotopic (exact) mass is 455 g/mol. The first-order chi connectivity index (χ1) is 16.6. The molecule has 0 aromatic carbocycles. The van der Waals surface area contributed by atoms with Crippen molar-refractivity contribution < 1.29 is 4.79 Å². The number of rotatable bonds is 7.